The molecular weight excluding hydrogens is 357 g/mol. The van der Waals surface area contributed by atoms with Gasteiger partial charge in [-0.3, -0.25) is 4.79 Å². The van der Waals surface area contributed by atoms with Crippen molar-refractivity contribution in [3.8, 4) is 5.75 Å². The number of hydrogen-bond donors (Lipinski definition) is 0. The zero-order chi connectivity index (χ0) is 19.7. The fourth-order valence-corrected chi connectivity index (χ4v) is 3.67. The Morgan fingerprint density at radius 3 is 2.46 bits per heavy atom. The smallest absolute Gasteiger partial charge is 0.272 e. The molecule has 0 spiro atoms. The Morgan fingerprint density at radius 1 is 1.07 bits per heavy atom. The average molecular weight is 379 g/mol. The van der Waals surface area contributed by atoms with Gasteiger partial charge in [0, 0.05) is 43.3 Å². The van der Waals surface area contributed by atoms with Gasteiger partial charge in [0.05, 0.1) is 12.6 Å². The molecule has 0 unspecified atom stereocenters. The molecule has 1 aromatic heterocycles. The molecule has 6 heteroatoms. The highest BCUT2D eigenvalue weighted by molar-refractivity contribution is 5.98. The van der Waals surface area contributed by atoms with Crippen LogP contribution in [0.5, 0.6) is 5.75 Å². The lowest BCUT2D eigenvalue weighted by atomic mass is 10.1. The summed E-state index contributed by atoms with van der Waals surface area (Å²) >= 11 is 0. The second-order valence-electron chi connectivity index (χ2n) is 6.94. The van der Waals surface area contributed by atoms with Crippen molar-refractivity contribution in [1.82, 2.24) is 9.88 Å². The van der Waals surface area contributed by atoms with E-state index in [2.05, 4.69) is 22.0 Å². The summed E-state index contributed by atoms with van der Waals surface area (Å²) in [6.07, 6.45) is 0. The highest BCUT2D eigenvalue weighted by Gasteiger charge is 2.24. The Morgan fingerprint density at radius 2 is 1.79 bits per heavy atom. The van der Waals surface area contributed by atoms with Gasteiger partial charge in [-0.05, 0) is 36.8 Å². The van der Waals surface area contributed by atoms with E-state index in [9.17, 15) is 9.18 Å². The number of benzene rings is 2. The van der Waals surface area contributed by atoms with Crippen molar-refractivity contribution in [1.29, 1.82) is 0 Å². The summed E-state index contributed by atoms with van der Waals surface area (Å²) < 4.78 is 19.2. The minimum atomic E-state index is -0.346. The molecule has 4 rings (SSSR count). The first-order valence-electron chi connectivity index (χ1n) is 9.31. The standard InChI is InChI=1S/C22H22FN3O2/c1-15-12-16(23)13-18-20(28-2)14-19(24-21(15)18)22(27)26-10-8-25(9-11-26)17-6-4-3-5-7-17/h3-7,12-14H,8-11H2,1-2H3. The summed E-state index contributed by atoms with van der Waals surface area (Å²) in [5, 5.41) is 0.574. The van der Waals surface area contributed by atoms with Gasteiger partial charge in [-0.25, -0.2) is 9.37 Å². The van der Waals surface area contributed by atoms with Crippen molar-refractivity contribution in [2.24, 2.45) is 0 Å². The van der Waals surface area contributed by atoms with Crippen LogP contribution in [0.2, 0.25) is 0 Å². The molecule has 1 aliphatic rings. The number of amides is 1. The molecule has 1 saturated heterocycles. The molecule has 0 saturated carbocycles. The van der Waals surface area contributed by atoms with Crippen LogP contribution >= 0.6 is 0 Å². The van der Waals surface area contributed by atoms with Crippen molar-refractivity contribution in [2.45, 2.75) is 6.92 Å². The maximum atomic E-state index is 13.8. The summed E-state index contributed by atoms with van der Waals surface area (Å²) in [6, 6.07) is 14.6. The van der Waals surface area contributed by atoms with Gasteiger partial charge in [-0.15, -0.1) is 0 Å². The van der Waals surface area contributed by atoms with E-state index in [-0.39, 0.29) is 11.7 Å². The first kappa shape index (κ1) is 18.2. The van der Waals surface area contributed by atoms with E-state index in [1.54, 1.807) is 13.0 Å². The maximum absolute atomic E-state index is 13.8. The number of carbonyl (C=O) groups is 1. The minimum Gasteiger partial charge on any atom is -0.496 e. The Bertz CT molecular complexity index is 1020. The molecule has 1 aliphatic heterocycles. The number of methoxy groups -OCH3 is 1. The minimum absolute atomic E-state index is 0.128. The lowest BCUT2D eigenvalue weighted by Crippen LogP contribution is -2.49. The van der Waals surface area contributed by atoms with Gasteiger partial charge in [0.15, 0.2) is 0 Å². The van der Waals surface area contributed by atoms with Crippen LogP contribution in [-0.2, 0) is 0 Å². The number of fused-ring (bicyclic) bond motifs is 1. The summed E-state index contributed by atoms with van der Waals surface area (Å²) in [5.41, 5.74) is 2.76. The van der Waals surface area contributed by atoms with E-state index in [0.717, 1.165) is 18.8 Å². The third-order valence-corrected chi connectivity index (χ3v) is 5.16. The molecule has 3 aromatic rings. The number of aromatic nitrogens is 1. The number of anilines is 1. The number of halogens is 1. The fourth-order valence-electron chi connectivity index (χ4n) is 3.67. The monoisotopic (exact) mass is 379 g/mol. The van der Waals surface area contributed by atoms with E-state index in [1.807, 2.05) is 23.1 Å². The topological polar surface area (TPSA) is 45.7 Å². The van der Waals surface area contributed by atoms with E-state index < -0.39 is 0 Å². The quantitative estimate of drug-likeness (QED) is 0.697. The van der Waals surface area contributed by atoms with Gasteiger partial charge in [-0.2, -0.15) is 0 Å². The van der Waals surface area contributed by atoms with Gasteiger partial charge in [0.2, 0.25) is 0 Å². The molecule has 144 valence electrons. The number of hydrogen-bond acceptors (Lipinski definition) is 4. The zero-order valence-corrected chi connectivity index (χ0v) is 16.0. The van der Waals surface area contributed by atoms with Crippen LogP contribution in [0.4, 0.5) is 10.1 Å². The third kappa shape index (κ3) is 3.38. The number of nitrogens with zero attached hydrogens (tertiary/aromatic N) is 3. The van der Waals surface area contributed by atoms with Crippen molar-refractivity contribution in [3.63, 3.8) is 0 Å². The van der Waals surface area contributed by atoms with Gasteiger partial charge < -0.3 is 14.5 Å². The first-order valence-corrected chi connectivity index (χ1v) is 9.31. The number of carbonyl (C=O) groups excluding carboxylic acids is 1. The second kappa shape index (κ2) is 7.46. The molecule has 5 nitrogen and oxygen atoms in total. The molecule has 0 radical (unpaired) electrons. The largest absolute Gasteiger partial charge is 0.496 e. The first-order chi connectivity index (χ1) is 13.6. The molecule has 1 fully saturated rings. The SMILES string of the molecule is COc1cc(C(=O)N2CCN(c3ccccc3)CC2)nc2c(C)cc(F)cc12. The van der Waals surface area contributed by atoms with Crippen LogP contribution in [0.3, 0.4) is 0 Å². The number of aryl methyl sites for hydroxylation is 1. The summed E-state index contributed by atoms with van der Waals surface area (Å²) in [5.74, 6) is -0.0169. The highest BCUT2D eigenvalue weighted by Crippen LogP contribution is 2.29. The molecule has 2 heterocycles. The third-order valence-electron chi connectivity index (χ3n) is 5.16. The normalized spacial score (nSPS) is 14.4. The number of ether oxygens (including phenoxy) is 1. The molecule has 28 heavy (non-hydrogen) atoms. The van der Waals surface area contributed by atoms with Crippen molar-refractivity contribution < 1.29 is 13.9 Å². The van der Waals surface area contributed by atoms with Gasteiger partial charge in [0.25, 0.3) is 5.91 Å². The predicted octanol–water partition coefficient (Wildman–Crippen LogP) is 3.65. The van der Waals surface area contributed by atoms with Crippen molar-refractivity contribution >= 4 is 22.5 Å². The molecule has 2 aromatic carbocycles. The average Bonchev–Trinajstić information content (AvgIpc) is 2.73. The fraction of sp³-hybridized carbons (Fsp3) is 0.273. The highest BCUT2D eigenvalue weighted by atomic mass is 19.1. The van der Waals surface area contributed by atoms with Crippen LogP contribution in [0.1, 0.15) is 16.1 Å². The summed E-state index contributed by atoms with van der Waals surface area (Å²) in [7, 11) is 1.52. The molecule has 0 atom stereocenters. The number of pyridine rings is 1. The van der Waals surface area contributed by atoms with Crippen molar-refractivity contribution in [3.05, 3.63) is 65.6 Å². The van der Waals surface area contributed by atoms with Crippen LogP contribution in [-0.4, -0.2) is 49.1 Å². The lowest BCUT2D eigenvalue weighted by Gasteiger charge is -2.36. The van der Waals surface area contributed by atoms with E-state index in [0.29, 0.717) is 41.0 Å². The zero-order valence-electron chi connectivity index (χ0n) is 16.0. The Hall–Kier alpha value is -3.15. The summed E-state index contributed by atoms with van der Waals surface area (Å²) in [4.78, 5) is 21.7. The van der Waals surface area contributed by atoms with Crippen LogP contribution in [0, 0.1) is 12.7 Å². The van der Waals surface area contributed by atoms with E-state index in [4.69, 9.17) is 4.74 Å². The predicted molar refractivity (Wildman–Crippen MR) is 108 cm³/mol. The maximum Gasteiger partial charge on any atom is 0.272 e. The Kier molecular flexibility index (Phi) is 4.86. The molecule has 0 N–H and O–H groups in total. The van der Waals surface area contributed by atoms with Gasteiger partial charge >= 0.3 is 0 Å². The van der Waals surface area contributed by atoms with Crippen LogP contribution in [0.25, 0.3) is 10.9 Å². The summed E-state index contributed by atoms with van der Waals surface area (Å²) in [6.45, 7) is 4.57. The van der Waals surface area contributed by atoms with E-state index in [1.165, 1.54) is 19.2 Å². The molecule has 0 aliphatic carbocycles. The molecule has 0 bridgehead atoms. The Balaban J connectivity index is 1.58. The van der Waals surface area contributed by atoms with E-state index >= 15 is 0 Å². The van der Waals surface area contributed by atoms with Crippen LogP contribution < -0.4 is 9.64 Å². The van der Waals surface area contributed by atoms with Gasteiger partial charge in [0.1, 0.15) is 17.3 Å². The van der Waals surface area contributed by atoms with Gasteiger partial charge in [-0.1, -0.05) is 18.2 Å². The lowest BCUT2D eigenvalue weighted by molar-refractivity contribution is 0.0741. The van der Waals surface area contributed by atoms with Crippen LogP contribution in [0.15, 0.2) is 48.5 Å². The Labute approximate surface area is 163 Å². The second-order valence-corrected chi connectivity index (χ2v) is 6.94. The number of rotatable bonds is 3. The number of para-hydroxylation sites is 1. The number of piperazine rings is 1. The molecular formula is C22H22FN3O2. The van der Waals surface area contributed by atoms with Crippen molar-refractivity contribution in [2.75, 3.05) is 38.2 Å². The molecule has 1 amide bonds.